The van der Waals surface area contributed by atoms with E-state index in [2.05, 4.69) is 5.32 Å². The second-order valence-electron chi connectivity index (χ2n) is 2.97. The second-order valence-corrected chi connectivity index (χ2v) is 3.41. The van der Waals surface area contributed by atoms with Gasteiger partial charge < -0.3 is 5.32 Å². The molecule has 0 saturated carbocycles. The zero-order valence-electron chi connectivity index (χ0n) is 7.67. The number of carbonyl (C=O) groups is 1. The smallest absolute Gasteiger partial charge is 0.217 e. The van der Waals surface area contributed by atoms with Crippen LogP contribution in [0.2, 0.25) is 5.02 Å². The summed E-state index contributed by atoms with van der Waals surface area (Å²) in [5.41, 5.74) is 1.06. The maximum absolute atomic E-state index is 10.8. The summed E-state index contributed by atoms with van der Waals surface area (Å²) in [6.45, 7) is 3.44. The van der Waals surface area contributed by atoms with Crippen molar-refractivity contribution in [1.82, 2.24) is 5.32 Å². The average Bonchev–Trinajstić information content (AvgIpc) is 2.04. The molecule has 0 heterocycles. The van der Waals surface area contributed by atoms with Crippen LogP contribution in [0.25, 0.3) is 0 Å². The van der Waals surface area contributed by atoms with E-state index in [0.29, 0.717) is 5.02 Å². The van der Waals surface area contributed by atoms with Crippen LogP contribution in [0.3, 0.4) is 0 Å². The van der Waals surface area contributed by atoms with Gasteiger partial charge in [-0.3, -0.25) is 4.79 Å². The predicted molar refractivity (Wildman–Crippen MR) is 53.7 cm³/mol. The number of carbonyl (C=O) groups excluding carboxylic acids is 1. The lowest BCUT2D eigenvalue weighted by atomic mass is 10.1. The Labute approximate surface area is 82.9 Å². The average molecular weight is 198 g/mol. The maximum atomic E-state index is 10.8. The van der Waals surface area contributed by atoms with Crippen LogP contribution in [0.15, 0.2) is 24.3 Å². The Hall–Kier alpha value is -1.02. The van der Waals surface area contributed by atoms with Crippen molar-refractivity contribution >= 4 is 17.5 Å². The second kappa shape index (κ2) is 4.28. The fourth-order valence-electron chi connectivity index (χ4n) is 1.14. The van der Waals surface area contributed by atoms with Crippen molar-refractivity contribution in [2.24, 2.45) is 0 Å². The van der Waals surface area contributed by atoms with E-state index in [4.69, 9.17) is 11.6 Å². The lowest BCUT2D eigenvalue weighted by Gasteiger charge is -2.12. The molecule has 0 aromatic heterocycles. The van der Waals surface area contributed by atoms with Crippen molar-refractivity contribution in [2.45, 2.75) is 19.9 Å². The van der Waals surface area contributed by atoms with Gasteiger partial charge in [0.05, 0.1) is 6.04 Å². The lowest BCUT2D eigenvalue weighted by Crippen LogP contribution is -2.23. The zero-order chi connectivity index (χ0) is 9.84. The van der Waals surface area contributed by atoms with E-state index in [9.17, 15) is 4.79 Å². The van der Waals surface area contributed by atoms with Gasteiger partial charge in [0.15, 0.2) is 0 Å². The fourth-order valence-corrected chi connectivity index (χ4v) is 1.27. The van der Waals surface area contributed by atoms with Crippen LogP contribution in [0, 0.1) is 0 Å². The summed E-state index contributed by atoms with van der Waals surface area (Å²) in [5, 5.41) is 3.50. The summed E-state index contributed by atoms with van der Waals surface area (Å²) >= 11 is 5.73. The van der Waals surface area contributed by atoms with Gasteiger partial charge in [-0.1, -0.05) is 23.7 Å². The first-order valence-corrected chi connectivity index (χ1v) is 4.50. The van der Waals surface area contributed by atoms with Crippen molar-refractivity contribution < 1.29 is 4.79 Å². The summed E-state index contributed by atoms with van der Waals surface area (Å²) in [4.78, 5) is 10.8. The first kappa shape index (κ1) is 10.1. The molecule has 0 spiro atoms. The Morgan fingerprint density at radius 2 is 1.92 bits per heavy atom. The molecule has 0 fully saturated rings. The Balaban J connectivity index is 2.71. The van der Waals surface area contributed by atoms with Gasteiger partial charge in [-0.15, -0.1) is 0 Å². The Morgan fingerprint density at radius 3 is 2.38 bits per heavy atom. The first-order chi connectivity index (χ1) is 6.09. The van der Waals surface area contributed by atoms with Crippen molar-refractivity contribution in [3.05, 3.63) is 34.9 Å². The molecular formula is C10H12ClNO. The highest BCUT2D eigenvalue weighted by Gasteiger charge is 2.05. The molecule has 0 unspecified atom stereocenters. The zero-order valence-corrected chi connectivity index (χ0v) is 8.43. The Kier molecular flexibility index (Phi) is 3.32. The number of amides is 1. The maximum Gasteiger partial charge on any atom is 0.217 e. The first-order valence-electron chi connectivity index (χ1n) is 4.12. The molecule has 0 aliphatic rings. The highest BCUT2D eigenvalue weighted by Crippen LogP contribution is 2.15. The standard InChI is InChI=1S/C10H12ClNO/c1-7(12-8(2)13)9-3-5-10(11)6-4-9/h3-7H,1-2H3,(H,12,13)/t7-/m0/s1. The van der Waals surface area contributed by atoms with Gasteiger partial charge in [-0.05, 0) is 24.6 Å². The van der Waals surface area contributed by atoms with E-state index in [1.54, 1.807) is 0 Å². The SMILES string of the molecule is CC(=O)N[C@@H](C)c1ccc(Cl)cc1. The van der Waals surface area contributed by atoms with Crippen LogP contribution in [-0.2, 0) is 4.79 Å². The minimum absolute atomic E-state index is 0.0255. The number of rotatable bonds is 2. The molecule has 13 heavy (non-hydrogen) atoms. The van der Waals surface area contributed by atoms with Crippen LogP contribution < -0.4 is 5.32 Å². The molecule has 2 nitrogen and oxygen atoms in total. The summed E-state index contributed by atoms with van der Waals surface area (Å²) in [6, 6.07) is 7.48. The van der Waals surface area contributed by atoms with Gasteiger partial charge in [0.25, 0.3) is 0 Å². The third-order valence-corrected chi connectivity index (χ3v) is 2.04. The molecule has 0 saturated heterocycles. The third-order valence-electron chi connectivity index (χ3n) is 1.79. The predicted octanol–water partition coefficient (Wildman–Crippen LogP) is 2.54. The quantitative estimate of drug-likeness (QED) is 0.776. The number of hydrogen-bond donors (Lipinski definition) is 1. The Morgan fingerprint density at radius 1 is 1.38 bits per heavy atom. The van der Waals surface area contributed by atoms with E-state index < -0.39 is 0 Å². The minimum Gasteiger partial charge on any atom is -0.350 e. The number of nitrogens with one attached hydrogen (secondary N) is 1. The largest absolute Gasteiger partial charge is 0.350 e. The molecule has 0 bridgehead atoms. The monoisotopic (exact) mass is 197 g/mol. The van der Waals surface area contributed by atoms with Crippen LogP contribution >= 0.6 is 11.6 Å². The molecule has 0 aliphatic heterocycles. The normalized spacial score (nSPS) is 12.2. The number of benzene rings is 1. The molecule has 1 atom stereocenters. The highest BCUT2D eigenvalue weighted by atomic mass is 35.5. The molecular weight excluding hydrogens is 186 g/mol. The molecule has 1 aromatic rings. The number of hydrogen-bond acceptors (Lipinski definition) is 1. The van der Waals surface area contributed by atoms with Crippen LogP contribution in [0.4, 0.5) is 0 Å². The van der Waals surface area contributed by atoms with Crippen molar-refractivity contribution in [3.8, 4) is 0 Å². The van der Waals surface area contributed by atoms with E-state index in [1.165, 1.54) is 6.92 Å². The molecule has 1 N–H and O–H groups in total. The van der Waals surface area contributed by atoms with Crippen LogP contribution in [-0.4, -0.2) is 5.91 Å². The van der Waals surface area contributed by atoms with Crippen molar-refractivity contribution in [1.29, 1.82) is 0 Å². The van der Waals surface area contributed by atoms with Gasteiger partial charge in [-0.25, -0.2) is 0 Å². The summed E-state index contributed by atoms with van der Waals surface area (Å²) in [7, 11) is 0. The van der Waals surface area contributed by atoms with Crippen LogP contribution in [0.1, 0.15) is 25.5 Å². The lowest BCUT2D eigenvalue weighted by molar-refractivity contribution is -0.119. The van der Waals surface area contributed by atoms with Crippen molar-refractivity contribution in [3.63, 3.8) is 0 Å². The van der Waals surface area contributed by atoms with Gasteiger partial charge in [0, 0.05) is 11.9 Å². The van der Waals surface area contributed by atoms with Gasteiger partial charge in [0.2, 0.25) is 5.91 Å². The van der Waals surface area contributed by atoms with Gasteiger partial charge in [0.1, 0.15) is 0 Å². The molecule has 0 aliphatic carbocycles. The minimum atomic E-state index is -0.0255. The molecule has 1 amide bonds. The summed E-state index contributed by atoms with van der Waals surface area (Å²) in [5.74, 6) is -0.0255. The van der Waals surface area contributed by atoms with E-state index in [-0.39, 0.29) is 11.9 Å². The van der Waals surface area contributed by atoms with Gasteiger partial charge in [-0.2, -0.15) is 0 Å². The van der Waals surface area contributed by atoms with E-state index in [1.807, 2.05) is 31.2 Å². The van der Waals surface area contributed by atoms with E-state index in [0.717, 1.165) is 5.56 Å². The third kappa shape index (κ3) is 3.07. The molecule has 1 rings (SSSR count). The number of halogens is 1. The van der Waals surface area contributed by atoms with Crippen molar-refractivity contribution in [2.75, 3.05) is 0 Å². The van der Waals surface area contributed by atoms with Crippen LogP contribution in [0.5, 0.6) is 0 Å². The molecule has 3 heteroatoms. The van der Waals surface area contributed by atoms with Gasteiger partial charge >= 0.3 is 0 Å². The summed E-state index contributed by atoms with van der Waals surface area (Å²) in [6.07, 6.45) is 0. The molecule has 70 valence electrons. The Bertz CT molecular complexity index is 294. The molecule has 1 aromatic carbocycles. The summed E-state index contributed by atoms with van der Waals surface area (Å²) < 4.78 is 0. The highest BCUT2D eigenvalue weighted by molar-refractivity contribution is 6.30. The van der Waals surface area contributed by atoms with E-state index >= 15 is 0 Å². The fraction of sp³-hybridized carbons (Fsp3) is 0.300. The molecule has 0 radical (unpaired) electrons. The topological polar surface area (TPSA) is 29.1 Å².